The molecule has 0 radical (unpaired) electrons. The van der Waals surface area contributed by atoms with E-state index in [1.165, 1.54) is 0 Å². The third-order valence-electron chi connectivity index (χ3n) is 2.85. The molecule has 23 heavy (non-hydrogen) atoms. The Morgan fingerprint density at radius 2 is 1.57 bits per heavy atom. The summed E-state index contributed by atoms with van der Waals surface area (Å²) in [5.41, 5.74) is 4.29. The van der Waals surface area contributed by atoms with Gasteiger partial charge in [-0.05, 0) is 43.7 Å². The average Bonchev–Trinajstić information content (AvgIpc) is 2.58. The highest BCUT2D eigenvalue weighted by molar-refractivity contribution is 5.83. The molecule has 1 N–H and O–H groups in total. The molecule has 0 atom stereocenters. The van der Waals surface area contributed by atoms with E-state index in [-0.39, 0.29) is 12.5 Å². The molecule has 0 bridgehead atoms. The zero-order valence-electron chi connectivity index (χ0n) is 13.3. The van der Waals surface area contributed by atoms with Gasteiger partial charge in [0, 0.05) is 5.71 Å². The van der Waals surface area contributed by atoms with Gasteiger partial charge in [-0.2, -0.15) is 5.10 Å². The fraction of sp³-hybridized carbons (Fsp3) is 0.222. The highest BCUT2D eigenvalue weighted by atomic mass is 16.5. The molecule has 0 unspecified atom stereocenters. The van der Waals surface area contributed by atoms with Crippen molar-refractivity contribution in [2.75, 3.05) is 6.61 Å². The molecule has 0 fully saturated rings. The lowest BCUT2D eigenvalue weighted by Crippen LogP contribution is -2.25. The van der Waals surface area contributed by atoms with Crippen molar-refractivity contribution in [3.05, 3.63) is 60.2 Å². The van der Waals surface area contributed by atoms with Crippen molar-refractivity contribution in [3.63, 3.8) is 0 Å². The number of ether oxygens (including phenoxy) is 2. The Kier molecular flexibility index (Phi) is 6.17. The maximum absolute atomic E-state index is 11.5. The molecule has 0 aliphatic carbocycles. The quantitative estimate of drug-likeness (QED) is 0.631. The van der Waals surface area contributed by atoms with Crippen molar-refractivity contribution in [1.29, 1.82) is 0 Å². The van der Waals surface area contributed by atoms with Gasteiger partial charge in [-0.1, -0.05) is 30.3 Å². The molecule has 0 saturated heterocycles. The van der Waals surface area contributed by atoms with Crippen LogP contribution in [-0.4, -0.2) is 18.2 Å². The number of amides is 1. The summed E-state index contributed by atoms with van der Waals surface area (Å²) in [6.45, 7) is 4.03. The summed E-state index contributed by atoms with van der Waals surface area (Å²) in [6, 6.07) is 17.1. The summed E-state index contributed by atoms with van der Waals surface area (Å²) >= 11 is 0. The minimum atomic E-state index is -0.296. The number of carbonyl (C=O) groups excluding carboxylic acids is 1. The van der Waals surface area contributed by atoms with E-state index in [0.717, 1.165) is 17.0 Å². The molecule has 120 valence electrons. The standard InChI is InChI=1S/C18H20N2O3/c1-14(2)19-20-18(21)13-23-17-10-8-16(9-11-17)22-12-15-6-4-3-5-7-15/h3-11H,12-13H2,1-2H3,(H,20,21). The van der Waals surface area contributed by atoms with Gasteiger partial charge < -0.3 is 9.47 Å². The molecular formula is C18H20N2O3. The summed E-state index contributed by atoms with van der Waals surface area (Å²) in [5.74, 6) is 1.05. The SMILES string of the molecule is CC(C)=NNC(=O)COc1ccc(OCc2ccccc2)cc1. The van der Waals surface area contributed by atoms with Crippen molar-refractivity contribution in [2.45, 2.75) is 20.5 Å². The second kappa shape index (κ2) is 8.58. The monoisotopic (exact) mass is 312 g/mol. The van der Waals surface area contributed by atoms with Crippen LogP contribution >= 0.6 is 0 Å². The number of hydrazone groups is 1. The van der Waals surface area contributed by atoms with E-state index in [1.807, 2.05) is 42.5 Å². The van der Waals surface area contributed by atoms with E-state index >= 15 is 0 Å². The highest BCUT2D eigenvalue weighted by Crippen LogP contribution is 2.18. The summed E-state index contributed by atoms with van der Waals surface area (Å²) in [7, 11) is 0. The van der Waals surface area contributed by atoms with Crippen LogP contribution in [0, 0.1) is 0 Å². The molecule has 2 aromatic rings. The van der Waals surface area contributed by atoms with Crippen molar-refractivity contribution in [2.24, 2.45) is 5.10 Å². The number of rotatable bonds is 7. The molecule has 0 heterocycles. The smallest absolute Gasteiger partial charge is 0.277 e. The molecule has 0 saturated carbocycles. The van der Waals surface area contributed by atoms with Crippen LogP contribution in [0.25, 0.3) is 0 Å². The molecule has 1 amide bonds. The van der Waals surface area contributed by atoms with Gasteiger partial charge >= 0.3 is 0 Å². The lowest BCUT2D eigenvalue weighted by atomic mass is 10.2. The van der Waals surface area contributed by atoms with Gasteiger partial charge in [-0.25, -0.2) is 5.43 Å². The van der Waals surface area contributed by atoms with E-state index in [9.17, 15) is 4.79 Å². The second-order valence-electron chi connectivity index (χ2n) is 5.13. The Labute approximate surface area is 135 Å². The molecule has 5 heteroatoms. The molecule has 0 spiro atoms. The predicted octanol–water partition coefficient (Wildman–Crippen LogP) is 3.16. The Morgan fingerprint density at radius 3 is 2.17 bits per heavy atom. The zero-order chi connectivity index (χ0) is 16.5. The van der Waals surface area contributed by atoms with E-state index < -0.39 is 0 Å². The van der Waals surface area contributed by atoms with E-state index in [1.54, 1.807) is 26.0 Å². The summed E-state index contributed by atoms with van der Waals surface area (Å²) < 4.78 is 11.1. The summed E-state index contributed by atoms with van der Waals surface area (Å²) in [4.78, 5) is 11.5. The van der Waals surface area contributed by atoms with Crippen molar-refractivity contribution < 1.29 is 14.3 Å². The Morgan fingerprint density at radius 1 is 0.957 bits per heavy atom. The second-order valence-corrected chi connectivity index (χ2v) is 5.13. The first kappa shape index (κ1) is 16.5. The molecule has 2 rings (SSSR count). The van der Waals surface area contributed by atoms with Gasteiger partial charge in [0.2, 0.25) is 0 Å². The third kappa shape index (κ3) is 6.22. The Hall–Kier alpha value is -2.82. The lowest BCUT2D eigenvalue weighted by Gasteiger charge is -2.08. The van der Waals surface area contributed by atoms with E-state index in [2.05, 4.69) is 10.5 Å². The fourth-order valence-corrected chi connectivity index (χ4v) is 1.73. The number of nitrogens with zero attached hydrogens (tertiary/aromatic N) is 1. The first-order valence-electron chi connectivity index (χ1n) is 7.33. The summed E-state index contributed by atoms with van der Waals surface area (Å²) in [5, 5.41) is 3.82. The van der Waals surface area contributed by atoms with Crippen LogP contribution in [0.5, 0.6) is 11.5 Å². The predicted molar refractivity (Wildman–Crippen MR) is 89.6 cm³/mol. The molecule has 0 aromatic heterocycles. The zero-order valence-corrected chi connectivity index (χ0v) is 13.3. The molecule has 5 nitrogen and oxygen atoms in total. The van der Waals surface area contributed by atoms with Crippen LogP contribution in [0.2, 0.25) is 0 Å². The maximum Gasteiger partial charge on any atom is 0.277 e. The van der Waals surface area contributed by atoms with Crippen LogP contribution in [0.15, 0.2) is 59.7 Å². The van der Waals surface area contributed by atoms with Crippen LogP contribution in [0.4, 0.5) is 0 Å². The largest absolute Gasteiger partial charge is 0.489 e. The minimum Gasteiger partial charge on any atom is -0.489 e. The van der Waals surface area contributed by atoms with Gasteiger partial charge in [0.25, 0.3) is 5.91 Å². The number of benzene rings is 2. The van der Waals surface area contributed by atoms with Gasteiger partial charge in [-0.15, -0.1) is 0 Å². The van der Waals surface area contributed by atoms with Crippen molar-refractivity contribution in [3.8, 4) is 11.5 Å². The normalized spacial score (nSPS) is 9.83. The van der Waals surface area contributed by atoms with Crippen LogP contribution in [0.1, 0.15) is 19.4 Å². The van der Waals surface area contributed by atoms with Gasteiger partial charge in [0.15, 0.2) is 6.61 Å². The first-order valence-corrected chi connectivity index (χ1v) is 7.33. The molecular weight excluding hydrogens is 292 g/mol. The number of hydrogen-bond acceptors (Lipinski definition) is 4. The Balaban J connectivity index is 1.78. The average molecular weight is 312 g/mol. The van der Waals surface area contributed by atoms with Gasteiger partial charge in [-0.3, -0.25) is 4.79 Å². The number of carbonyl (C=O) groups is 1. The fourth-order valence-electron chi connectivity index (χ4n) is 1.73. The van der Waals surface area contributed by atoms with Crippen LogP contribution in [-0.2, 0) is 11.4 Å². The van der Waals surface area contributed by atoms with Crippen LogP contribution < -0.4 is 14.9 Å². The van der Waals surface area contributed by atoms with Crippen molar-refractivity contribution in [1.82, 2.24) is 5.43 Å². The van der Waals surface area contributed by atoms with Crippen LogP contribution in [0.3, 0.4) is 0 Å². The van der Waals surface area contributed by atoms with Crippen molar-refractivity contribution >= 4 is 11.6 Å². The van der Waals surface area contributed by atoms with E-state index in [0.29, 0.717) is 12.4 Å². The minimum absolute atomic E-state index is 0.0823. The number of nitrogens with one attached hydrogen (secondary N) is 1. The Bertz CT molecular complexity index is 648. The number of hydrogen-bond donors (Lipinski definition) is 1. The maximum atomic E-state index is 11.5. The summed E-state index contributed by atoms with van der Waals surface area (Å²) in [6.07, 6.45) is 0. The van der Waals surface area contributed by atoms with E-state index in [4.69, 9.17) is 9.47 Å². The first-order chi connectivity index (χ1) is 11.1. The third-order valence-corrected chi connectivity index (χ3v) is 2.85. The highest BCUT2D eigenvalue weighted by Gasteiger charge is 2.02. The lowest BCUT2D eigenvalue weighted by molar-refractivity contribution is -0.123. The van der Waals surface area contributed by atoms with Gasteiger partial charge in [0.05, 0.1) is 0 Å². The van der Waals surface area contributed by atoms with Gasteiger partial charge in [0.1, 0.15) is 18.1 Å². The molecule has 2 aromatic carbocycles. The topological polar surface area (TPSA) is 59.9 Å². The molecule has 0 aliphatic rings. The molecule has 0 aliphatic heterocycles.